The van der Waals surface area contributed by atoms with Gasteiger partial charge in [-0.25, -0.2) is 0 Å². The number of nitrogens with one attached hydrogen (secondary N) is 1. The molecule has 0 radical (unpaired) electrons. The van der Waals surface area contributed by atoms with Crippen molar-refractivity contribution in [2.45, 2.75) is 44.6 Å². The highest BCUT2D eigenvalue weighted by Crippen LogP contribution is 2.27. The maximum atomic E-state index is 12.6. The molecular weight excluding hydrogens is 314 g/mol. The monoisotopic (exact) mass is 339 g/mol. The molecule has 0 heterocycles. The fourth-order valence-corrected chi connectivity index (χ4v) is 2.91. The Labute approximate surface area is 148 Å². The SMILES string of the molecule is CC(C)(CC(=O)NC(CCC(=O)O)c1ccccc1)c1ccccc1. The molecule has 2 aromatic rings. The zero-order chi connectivity index (χ0) is 18.3. The molecule has 1 amide bonds. The van der Waals surface area contributed by atoms with Crippen LogP contribution in [0.1, 0.15) is 50.3 Å². The summed E-state index contributed by atoms with van der Waals surface area (Å²) in [5.41, 5.74) is 1.74. The fraction of sp³-hybridized carbons (Fsp3) is 0.333. The van der Waals surface area contributed by atoms with Gasteiger partial charge in [-0.3, -0.25) is 9.59 Å². The third-order valence-corrected chi connectivity index (χ3v) is 4.34. The number of carbonyl (C=O) groups is 2. The van der Waals surface area contributed by atoms with E-state index in [1.807, 2.05) is 74.5 Å². The van der Waals surface area contributed by atoms with Gasteiger partial charge in [-0.1, -0.05) is 74.5 Å². The second kappa shape index (κ2) is 8.47. The van der Waals surface area contributed by atoms with Crippen LogP contribution < -0.4 is 5.32 Å². The minimum atomic E-state index is -0.861. The summed E-state index contributed by atoms with van der Waals surface area (Å²) < 4.78 is 0. The summed E-state index contributed by atoms with van der Waals surface area (Å²) in [6.07, 6.45) is 0.728. The zero-order valence-electron chi connectivity index (χ0n) is 14.7. The summed E-state index contributed by atoms with van der Waals surface area (Å²) in [7, 11) is 0. The van der Waals surface area contributed by atoms with E-state index in [-0.39, 0.29) is 23.8 Å². The van der Waals surface area contributed by atoms with Gasteiger partial charge in [0.25, 0.3) is 0 Å². The number of carboxylic acids is 1. The van der Waals surface area contributed by atoms with Crippen molar-refractivity contribution >= 4 is 11.9 Å². The number of hydrogen-bond donors (Lipinski definition) is 2. The Morgan fingerprint density at radius 1 is 1.00 bits per heavy atom. The second-order valence-corrected chi connectivity index (χ2v) is 6.89. The first-order valence-electron chi connectivity index (χ1n) is 8.50. The predicted octanol–water partition coefficient (Wildman–Crippen LogP) is 4.08. The average molecular weight is 339 g/mol. The largest absolute Gasteiger partial charge is 0.481 e. The topological polar surface area (TPSA) is 66.4 Å². The Morgan fingerprint density at radius 3 is 2.12 bits per heavy atom. The van der Waals surface area contributed by atoms with Crippen LogP contribution in [0.4, 0.5) is 0 Å². The molecule has 0 aliphatic rings. The van der Waals surface area contributed by atoms with Gasteiger partial charge in [0.05, 0.1) is 6.04 Å². The molecule has 2 N–H and O–H groups in total. The highest BCUT2D eigenvalue weighted by Gasteiger charge is 2.25. The molecular formula is C21H25NO3. The van der Waals surface area contributed by atoms with Crippen LogP contribution in [0.15, 0.2) is 60.7 Å². The summed E-state index contributed by atoms with van der Waals surface area (Å²) in [6, 6.07) is 19.1. The molecule has 2 aromatic carbocycles. The van der Waals surface area contributed by atoms with Crippen molar-refractivity contribution in [2.24, 2.45) is 0 Å². The highest BCUT2D eigenvalue weighted by atomic mass is 16.4. The molecule has 0 bridgehead atoms. The molecule has 0 saturated heterocycles. The van der Waals surface area contributed by atoms with Crippen LogP contribution in [-0.2, 0) is 15.0 Å². The van der Waals surface area contributed by atoms with Crippen molar-refractivity contribution in [2.75, 3.05) is 0 Å². The lowest BCUT2D eigenvalue weighted by molar-refractivity contribution is -0.137. The lowest BCUT2D eigenvalue weighted by Gasteiger charge is -2.26. The second-order valence-electron chi connectivity index (χ2n) is 6.89. The number of amides is 1. The Bertz CT molecular complexity index is 696. The van der Waals surface area contributed by atoms with E-state index in [0.29, 0.717) is 12.8 Å². The van der Waals surface area contributed by atoms with Crippen LogP contribution in [0.25, 0.3) is 0 Å². The first-order chi connectivity index (χ1) is 11.9. The van der Waals surface area contributed by atoms with Crippen molar-refractivity contribution < 1.29 is 14.7 Å². The van der Waals surface area contributed by atoms with Crippen LogP contribution >= 0.6 is 0 Å². The van der Waals surface area contributed by atoms with E-state index in [4.69, 9.17) is 5.11 Å². The minimum absolute atomic E-state index is 0.0158. The molecule has 0 aliphatic heterocycles. The minimum Gasteiger partial charge on any atom is -0.481 e. The van der Waals surface area contributed by atoms with Gasteiger partial charge in [-0.2, -0.15) is 0 Å². The number of aliphatic carboxylic acids is 1. The van der Waals surface area contributed by atoms with E-state index >= 15 is 0 Å². The molecule has 0 aromatic heterocycles. The molecule has 1 unspecified atom stereocenters. The molecule has 4 heteroatoms. The number of hydrogen-bond acceptors (Lipinski definition) is 2. The molecule has 1 atom stereocenters. The number of rotatable bonds is 8. The summed E-state index contributed by atoms with van der Waals surface area (Å²) >= 11 is 0. The summed E-state index contributed by atoms with van der Waals surface area (Å²) in [4.78, 5) is 23.5. The first kappa shape index (κ1) is 18.7. The van der Waals surface area contributed by atoms with Crippen LogP contribution in [0.5, 0.6) is 0 Å². The lowest BCUT2D eigenvalue weighted by atomic mass is 9.81. The van der Waals surface area contributed by atoms with Crippen molar-refractivity contribution in [1.82, 2.24) is 5.32 Å². The average Bonchev–Trinajstić information content (AvgIpc) is 2.59. The fourth-order valence-electron chi connectivity index (χ4n) is 2.91. The molecule has 0 spiro atoms. The van der Waals surface area contributed by atoms with E-state index in [1.165, 1.54) is 0 Å². The van der Waals surface area contributed by atoms with Gasteiger partial charge >= 0.3 is 5.97 Å². The van der Waals surface area contributed by atoms with Crippen LogP contribution in [0.3, 0.4) is 0 Å². The van der Waals surface area contributed by atoms with Crippen molar-refractivity contribution in [3.05, 3.63) is 71.8 Å². The molecule has 132 valence electrons. The van der Waals surface area contributed by atoms with E-state index in [2.05, 4.69) is 5.32 Å². The van der Waals surface area contributed by atoms with Crippen molar-refractivity contribution in [3.63, 3.8) is 0 Å². The Kier molecular flexibility index (Phi) is 6.34. The van der Waals surface area contributed by atoms with Crippen molar-refractivity contribution in [1.29, 1.82) is 0 Å². The lowest BCUT2D eigenvalue weighted by Crippen LogP contribution is -2.34. The van der Waals surface area contributed by atoms with Crippen LogP contribution in [0.2, 0.25) is 0 Å². The zero-order valence-corrected chi connectivity index (χ0v) is 14.7. The van der Waals surface area contributed by atoms with Crippen LogP contribution in [0, 0.1) is 0 Å². The standard InChI is InChI=1S/C21H25NO3/c1-21(2,17-11-7-4-8-12-17)15-19(23)22-18(13-14-20(24)25)16-9-5-3-6-10-16/h3-12,18H,13-15H2,1-2H3,(H,22,23)(H,24,25). The highest BCUT2D eigenvalue weighted by molar-refractivity contribution is 5.78. The summed E-state index contributed by atoms with van der Waals surface area (Å²) in [5, 5.41) is 12.0. The van der Waals surface area contributed by atoms with Crippen LogP contribution in [-0.4, -0.2) is 17.0 Å². The molecule has 0 fully saturated rings. The van der Waals surface area contributed by atoms with E-state index < -0.39 is 5.97 Å². The summed E-state index contributed by atoms with van der Waals surface area (Å²) in [6.45, 7) is 4.08. The predicted molar refractivity (Wildman–Crippen MR) is 98.3 cm³/mol. The van der Waals surface area contributed by atoms with Gasteiger partial charge in [0, 0.05) is 12.8 Å². The van der Waals surface area contributed by atoms with Gasteiger partial charge in [-0.05, 0) is 23.0 Å². The Morgan fingerprint density at radius 2 is 1.56 bits per heavy atom. The molecule has 4 nitrogen and oxygen atoms in total. The number of benzene rings is 2. The van der Waals surface area contributed by atoms with E-state index in [1.54, 1.807) is 0 Å². The van der Waals surface area contributed by atoms with Gasteiger partial charge in [0.15, 0.2) is 0 Å². The smallest absolute Gasteiger partial charge is 0.303 e. The van der Waals surface area contributed by atoms with Gasteiger partial charge in [0.2, 0.25) is 5.91 Å². The maximum absolute atomic E-state index is 12.6. The molecule has 25 heavy (non-hydrogen) atoms. The quantitative estimate of drug-likeness (QED) is 0.761. The normalized spacial score (nSPS) is 12.4. The summed E-state index contributed by atoms with van der Waals surface area (Å²) in [5.74, 6) is -0.937. The Hall–Kier alpha value is -2.62. The third kappa shape index (κ3) is 5.75. The van der Waals surface area contributed by atoms with Gasteiger partial charge in [0.1, 0.15) is 0 Å². The molecule has 2 rings (SSSR count). The first-order valence-corrected chi connectivity index (χ1v) is 8.50. The third-order valence-electron chi connectivity index (χ3n) is 4.34. The number of carboxylic acid groups (broad SMARTS) is 1. The van der Waals surface area contributed by atoms with Crippen molar-refractivity contribution in [3.8, 4) is 0 Å². The van der Waals surface area contributed by atoms with E-state index in [0.717, 1.165) is 11.1 Å². The Balaban J connectivity index is 2.07. The molecule has 0 aliphatic carbocycles. The number of carbonyl (C=O) groups excluding carboxylic acids is 1. The maximum Gasteiger partial charge on any atom is 0.303 e. The van der Waals surface area contributed by atoms with E-state index in [9.17, 15) is 9.59 Å². The molecule has 0 saturated carbocycles. The van der Waals surface area contributed by atoms with Gasteiger partial charge < -0.3 is 10.4 Å². The van der Waals surface area contributed by atoms with Gasteiger partial charge in [-0.15, -0.1) is 0 Å².